The maximum atomic E-state index is 12.3. The lowest BCUT2D eigenvalue weighted by Gasteiger charge is -2.32. The maximum Gasteiger partial charge on any atom is 0.324 e. The van der Waals surface area contributed by atoms with Crippen LogP contribution in [0.25, 0.3) is 0 Å². The molecule has 112 valence electrons. The van der Waals surface area contributed by atoms with Gasteiger partial charge in [0.2, 0.25) is 0 Å². The number of hydrogen-bond donors (Lipinski definition) is 1. The Labute approximate surface area is 127 Å². The van der Waals surface area contributed by atoms with Crippen molar-refractivity contribution in [3.63, 3.8) is 0 Å². The van der Waals surface area contributed by atoms with E-state index in [1.54, 1.807) is 11.0 Å². The third-order valence-corrected chi connectivity index (χ3v) is 4.31. The second-order valence-electron chi connectivity index (χ2n) is 4.71. The van der Waals surface area contributed by atoms with Gasteiger partial charge in [0.25, 0.3) is 5.91 Å². The number of rotatable bonds is 4. The molecule has 1 N–H and O–H groups in total. The largest absolute Gasteiger partial charge is 0.338 e. The zero-order chi connectivity index (χ0) is 13.8. The van der Waals surface area contributed by atoms with Gasteiger partial charge >= 0.3 is 5.00 Å². The monoisotopic (exact) mass is 319 g/mol. The SMILES string of the molecule is CNCC1CCCN(C(=O)c2ccc([N+](=O)[O-])s2)C1.Cl. The number of halogens is 1. The van der Waals surface area contributed by atoms with Gasteiger partial charge in [-0.15, -0.1) is 12.4 Å². The molecule has 2 rings (SSSR count). The normalized spacial score (nSPS) is 18.4. The van der Waals surface area contributed by atoms with Crippen LogP contribution in [0.2, 0.25) is 0 Å². The lowest BCUT2D eigenvalue weighted by molar-refractivity contribution is -0.380. The first-order chi connectivity index (χ1) is 9.11. The topological polar surface area (TPSA) is 75.5 Å². The average Bonchev–Trinajstić information content (AvgIpc) is 2.88. The van der Waals surface area contributed by atoms with Crippen LogP contribution in [0.3, 0.4) is 0 Å². The van der Waals surface area contributed by atoms with E-state index in [1.165, 1.54) is 6.07 Å². The van der Waals surface area contributed by atoms with E-state index in [-0.39, 0.29) is 23.3 Å². The molecule has 0 aromatic carbocycles. The predicted octanol–water partition coefficient (Wildman–Crippen LogP) is 2.15. The fourth-order valence-electron chi connectivity index (χ4n) is 2.40. The fraction of sp³-hybridized carbons (Fsp3) is 0.583. The predicted molar refractivity (Wildman–Crippen MR) is 80.8 cm³/mol. The van der Waals surface area contributed by atoms with Crippen LogP contribution < -0.4 is 5.32 Å². The highest BCUT2D eigenvalue weighted by Crippen LogP contribution is 2.26. The molecule has 1 amide bonds. The molecule has 1 unspecified atom stereocenters. The van der Waals surface area contributed by atoms with Crippen molar-refractivity contribution in [2.24, 2.45) is 5.92 Å². The molecular weight excluding hydrogens is 302 g/mol. The van der Waals surface area contributed by atoms with Crippen LogP contribution in [-0.4, -0.2) is 42.4 Å². The van der Waals surface area contributed by atoms with E-state index >= 15 is 0 Å². The lowest BCUT2D eigenvalue weighted by Crippen LogP contribution is -2.42. The minimum Gasteiger partial charge on any atom is -0.338 e. The summed E-state index contributed by atoms with van der Waals surface area (Å²) in [5.74, 6) is 0.386. The summed E-state index contributed by atoms with van der Waals surface area (Å²) < 4.78 is 0. The van der Waals surface area contributed by atoms with Crippen molar-refractivity contribution < 1.29 is 9.72 Å². The maximum absolute atomic E-state index is 12.3. The Morgan fingerprint density at radius 3 is 2.95 bits per heavy atom. The number of amides is 1. The highest BCUT2D eigenvalue weighted by atomic mass is 35.5. The fourth-order valence-corrected chi connectivity index (χ4v) is 3.19. The van der Waals surface area contributed by atoms with Crippen molar-refractivity contribution in [3.8, 4) is 0 Å². The van der Waals surface area contributed by atoms with Crippen molar-refractivity contribution in [1.29, 1.82) is 0 Å². The van der Waals surface area contributed by atoms with Gasteiger partial charge in [-0.3, -0.25) is 14.9 Å². The van der Waals surface area contributed by atoms with Gasteiger partial charge in [-0.05, 0) is 38.4 Å². The number of piperidine rings is 1. The third kappa shape index (κ3) is 3.91. The highest BCUT2D eigenvalue weighted by molar-refractivity contribution is 7.17. The molecule has 0 radical (unpaired) electrons. The summed E-state index contributed by atoms with van der Waals surface area (Å²) in [6, 6.07) is 2.94. The summed E-state index contributed by atoms with van der Waals surface area (Å²) in [7, 11) is 1.91. The number of carbonyl (C=O) groups excluding carboxylic acids is 1. The van der Waals surface area contributed by atoms with E-state index in [4.69, 9.17) is 0 Å². The van der Waals surface area contributed by atoms with Gasteiger partial charge in [-0.2, -0.15) is 0 Å². The van der Waals surface area contributed by atoms with Gasteiger partial charge in [-0.25, -0.2) is 0 Å². The van der Waals surface area contributed by atoms with E-state index in [1.807, 2.05) is 7.05 Å². The molecule has 1 atom stereocenters. The molecule has 1 saturated heterocycles. The molecule has 1 aliphatic heterocycles. The van der Waals surface area contributed by atoms with Gasteiger partial charge in [0, 0.05) is 19.2 Å². The number of likely N-dealkylation sites (tertiary alicyclic amines) is 1. The zero-order valence-corrected chi connectivity index (χ0v) is 12.8. The van der Waals surface area contributed by atoms with Crippen molar-refractivity contribution in [2.45, 2.75) is 12.8 Å². The van der Waals surface area contributed by atoms with Crippen molar-refractivity contribution in [3.05, 3.63) is 27.1 Å². The Hall–Kier alpha value is -1.18. The second-order valence-corrected chi connectivity index (χ2v) is 5.77. The number of hydrogen-bond acceptors (Lipinski definition) is 5. The Kier molecular flexibility index (Phi) is 6.38. The summed E-state index contributed by atoms with van der Waals surface area (Å²) in [6.07, 6.45) is 2.11. The third-order valence-electron chi connectivity index (χ3n) is 3.28. The van der Waals surface area contributed by atoms with Crippen LogP contribution in [0, 0.1) is 16.0 Å². The Morgan fingerprint density at radius 2 is 2.35 bits per heavy atom. The van der Waals surface area contributed by atoms with Crippen LogP contribution in [0.1, 0.15) is 22.5 Å². The number of nitrogens with one attached hydrogen (secondary N) is 1. The highest BCUT2D eigenvalue weighted by Gasteiger charge is 2.26. The molecule has 0 aliphatic carbocycles. The van der Waals surface area contributed by atoms with E-state index in [0.29, 0.717) is 10.8 Å². The van der Waals surface area contributed by atoms with E-state index in [9.17, 15) is 14.9 Å². The summed E-state index contributed by atoms with van der Waals surface area (Å²) in [5, 5.41) is 13.8. The molecule has 1 fully saturated rings. The van der Waals surface area contributed by atoms with Crippen molar-refractivity contribution in [2.75, 3.05) is 26.7 Å². The first kappa shape index (κ1) is 16.9. The Bertz CT molecular complexity index is 478. The van der Waals surface area contributed by atoms with Crippen molar-refractivity contribution >= 4 is 34.7 Å². The molecule has 0 saturated carbocycles. The molecule has 0 spiro atoms. The lowest BCUT2D eigenvalue weighted by atomic mass is 9.98. The number of thiophene rings is 1. The van der Waals surface area contributed by atoms with Gasteiger partial charge in [0.15, 0.2) is 0 Å². The van der Waals surface area contributed by atoms with Gasteiger partial charge < -0.3 is 10.2 Å². The number of nitro groups is 1. The molecular formula is C12H18ClN3O3S. The standard InChI is InChI=1S/C12H17N3O3S.ClH/c1-13-7-9-3-2-6-14(8-9)12(16)10-4-5-11(19-10)15(17)18;/h4-5,9,13H,2-3,6-8H2,1H3;1H. The van der Waals surface area contributed by atoms with E-state index in [2.05, 4.69) is 5.32 Å². The van der Waals surface area contributed by atoms with Crippen LogP contribution in [0.5, 0.6) is 0 Å². The average molecular weight is 320 g/mol. The molecule has 1 aromatic rings. The minimum atomic E-state index is -0.457. The molecule has 1 aromatic heterocycles. The van der Waals surface area contributed by atoms with E-state index in [0.717, 1.165) is 43.8 Å². The number of nitrogens with zero attached hydrogens (tertiary/aromatic N) is 2. The molecule has 8 heteroatoms. The van der Waals surface area contributed by atoms with Gasteiger partial charge in [0.1, 0.15) is 0 Å². The minimum absolute atomic E-state index is 0. The van der Waals surface area contributed by atoms with Gasteiger partial charge in [0.05, 0.1) is 9.80 Å². The smallest absolute Gasteiger partial charge is 0.324 e. The number of carbonyl (C=O) groups is 1. The second kappa shape index (κ2) is 7.56. The first-order valence-electron chi connectivity index (χ1n) is 6.30. The van der Waals surface area contributed by atoms with Crippen LogP contribution in [0.4, 0.5) is 5.00 Å². The van der Waals surface area contributed by atoms with Crippen LogP contribution in [0.15, 0.2) is 12.1 Å². The molecule has 6 nitrogen and oxygen atoms in total. The van der Waals surface area contributed by atoms with Gasteiger partial charge in [-0.1, -0.05) is 11.3 Å². The van der Waals surface area contributed by atoms with Crippen LogP contribution in [-0.2, 0) is 0 Å². The molecule has 2 heterocycles. The molecule has 20 heavy (non-hydrogen) atoms. The Balaban J connectivity index is 0.00000200. The molecule has 1 aliphatic rings. The quantitative estimate of drug-likeness (QED) is 0.681. The summed E-state index contributed by atoms with van der Waals surface area (Å²) in [6.45, 7) is 2.37. The van der Waals surface area contributed by atoms with E-state index < -0.39 is 4.92 Å². The first-order valence-corrected chi connectivity index (χ1v) is 7.11. The summed E-state index contributed by atoms with van der Waals surface area (Å²) in [4.78, 5) is 24.7. The van der Waals surface area contributed by atoms with Crippen LogP contribution >= 0.6 is 23.7 Å². The van der Waals surface area contributed by atoms with Crippen molar-refractivity contribution in [1.82, 2.24) is 10.2 Å². The Morgan fingerprint density at radius 1 is 1.60 bits per heavy atom. The molecule has 0 bridgehead atoms. The zero-order valence-electron chi connectivity index (χ0n) is 11.2. The summed E-state index contributed by atoms with van der Waals surface area (Å²) in [5.41, 5.74) is 0. The summed E-state index contributed by atoms with van der Waals surface area (Å²) >= 11 is 0.951.